The maximum atomic E-state index is 13.7. The monoisotopic (exact) mass is 517 g/mol. The molecule has 1 amide bonds. The van der Waals surface area contributed by atoms with E-state index in [2.05, 4.69) is 4.98 Å². The zero-order valence-corrected chi connectivity index (χ0v) is 20.5. The van der Waals surface area contributed by atoms with Gasteiger partial charge in [0.25, 0.3) is 5.91 Å². The molecule has 0 radical (unpaired) electrons. The molecule has 0 fully saturated rings. The number of carbonyl (C=O) groups is 1. The third-order valence-electron chi connectivity index (χ3n) is 5.72. The number of alkyl halides is 3. The number of nitriles is 1. The number of aryl methyl sites for hydroxylation is 1. The highest BCUT2D eigenvalue weighted by Gasteiger charge is 2.34. The minimum absolute atomic E-state index is 0.0641. The number of amides is 1. The Kier molecular flexibility index (Phi) is 8.23. The molecule has 3 aromatic rings. The highest BCUT2D eigenvalue weighted by atomic mass is 35.5. The van der Waals surface area contributed by atoms with Crippen LogP contribution in [0.3, 0.4) is 0 Å². The Balaban J connectivity index is 2.24. The number of ether oxygens (including phenoxy) is 1. The van der Waals surface area contributed by atoms with Crippen LogP contribution >= 0.6 is 11.6 Å². The van der Waals surface area contributed by atoms with Gasteiger partial charge in [-0.2, -0.15) is 18.4 Å². The molecule has 1 aromatic heterocycles. The zero-order chi connectivity index (χ0) is 26.6. The molecule has 6 nitrogen and oxygen atoms in total. The number of aliphatic hydroxyl groups excluding tert-OH is 1. The molecule has 2 aromatic carbocycles. The number of pyridine rings is 1. The molecule has 0 aliphatic carbocycles. The summed E-state index contributed by atoms with van der Waals surface area (Å²) in [5, 5.41) is 19.2. The first-order chi connectivity index (χ1) is 17.0. The first-order valence-corrected chi connectivity index (χ1v) is 11.2. The number of halogens is 4. The molecule has 188 valence electrons. The van der Waals surface area contributed by atoms with Crippen LogP contribution in [0.2, 0.25) is 5.02 Å². The Morgan fingerprint density at radius 2 is 2.00 bits per heavy atom. The number of benzene rings is 2. The summed E-state index contributed by atoms with van der Waals surface area (Å²) in [7, 11) is 3.07. The van der Waals surface area contributed by atoms with E-state index in [1.54, 1.807) is 25.2 Å². The molecule has 0 saturated carbocycles. The third-order valence-corrected chi connectivity index (χ3v) is 6.04. The van der Waals surface area contributed by atoms with E-state index in [-0.39, 0.29) is 46.7 Å². The van der Waals surface area contributed by atoms with Crippen molar-refractivity contribution in [2.75, 3.05) is 25.7 Å². The van der Waals surface area contributed by atoms with Crippen LogP contribution < -0.4 is 9.64 Å². The highest BCUT2D eigenvalue weighted by molar-refractivity contribution is 6.34. The van der Waals surface area contributed by atoms with Crippen LogP contribution in [0.4, 0.5) is 18.9 Å². The number of rotatable bonds is 7. The van der Waals surface area contributed by atoms with Crippen LogP contribution in [0.25, 0.3) is 11.1 Å². The van der Waals surface area contributed by atoms with Crippen molar-refractivity contribution < 1.29 is 27.8 Å². The van der Waals surface area contributed by atoms with Crippen molar-refractivity contribution in [3.63, 3.8) is 0 Å². The van der Waals surface area contributed by atoms with E-state index >= 15 is 0 Å². The molecule has 0 atom stereocenters. The SMILES string of the molecule is COc1cccc(C)c1N(C)C(=O)c1ccc(Cl)c(-c2cnc(C(F)(F)F)cc2C#N)c1CCCO. The summed E-state index contributed by atoms with van der Waals surface area (Å²) in [6, 6.07) is 10.7. The first-order valence-electron chi connectivity index (χ1n) is 10.9. The average Bonchev–Trinajstić information content (AvgIpc) is 2.85. The Morgan fingerprint density at radius 1 is 1.28 bits per heavy atom. The van der Waals surface area contributed by atoms with Crippen LogP contribution in [0, 0.1) is 18.3 Å². The second kappa shape index (κ2) is 11.0. The minimum atomic E-state index is -4.74. The summed E-state index contributed by atoms with van der Waals surface area (Å²) in [6.45, 7) is 1.63. The van der Waals surface area contributed by atoms with E-state index in [1.165, 1.54) is 24.1 Å². The number of para-hydroxylation sites is 1. The fourth-order valence-corrected chi connectivity index (χ4v) is 4.32. The number of hydrogen-bond donors (Lipinski definition) is 1. The predicted octanol–water partition coefficient (Wildman–Crippen LogP) is 5.81. The van der Waals surface area contributed by atoms with Gasteiger partial charge in [0.1, 0.15) is 11.4 Å². The van der Waals surface area contributed by atoms with Crippen molar-refractivity contribution in [3.8, 4) is 22.9 Å². The van der Waals surface area contributed by atoms with E-state index in [0.29, 0.717) is 23.1 Å². The summed E-state index contributed by atoms with van der Waals surface area (Å²) >= 11 is 6.48. The Labute approximate surface area is 211 Å². The summed E-state index contributed by atoms with van der Waals surface area (Å²) < 4.78 is 45.0. The Hall–Kier alpha value is -3.61. The Morgan fingerprint density at radius 3 is 2.61 bits per heavy atom. The number of carbonyl (C=O) groups excluding carboxylic acids is 1. The van der Waals surface area contributed by atoms with Crippen molar-refractivity contribution in [2.45, 2.75) is 25.9 Å². The van der Waals surface area contributed by atoms with E-state index in [0.717, 1.165) is 11.8 Å². The number of anilines is 1. The average molecular weight is 518 g/mol. The summed E-state index contributed by atoms with van der Waals surface area (Å²) in [5.74, 6) is 0.0579. The number of methoxy groups -OCH3 is 1. The number of hydrogen-bond acceptors (Lipinski definition) is 5. The van der Waals surface area contributed by atoms with E-state index in [1.807, 2.05) is 13.0 Å². The number of aromatic nitrogens is 1. The molecular formula is C26H23ClF3N3O3. The van der Waals surface area contributed by atoms with Crippen molar-refractivity contribution in [2.24, 2.45) is 0 Å². The fourth-order valence-electron chi connectivity index (χ4n) is 4.04. The molecule has 36 heavy (non-hydrogen) atoms. The molecule has 0 saturated heterocycles. The van der Waals surface area contributed by atoms with Crippen molar-refractivity contribution in [1.82, 2.24) is 4.98 Å². The molecule has 0 aliphatic heterocycles. The smallest absolute Gasteiger partial charge is 0.433 e. The van der Waals surface area contributed by atoms with Crippen molar-refractivity contribution in [1.29, 1.82) is 5.26 Å². The van der Waals surface area contributed by atoms with Gasteiger partial charge in [-0.15, -0.1) is 0 Å². The first kappa shape index (κ1) is 27.0. The largest absolute Gasteiger partial charge is 0.495 e. The fraction of sp³-hybridized carbons (Fsp3) is 0.269. The number of aliphatic hydroxyl groups is 1. The summed E-state index contributed by atoms with van der Waals surface area (Å²) in [4.78, 5) is 18.6. The van der Waals surface area contributed by atoms with E-state index in [9.17, 15) is 28.3 Å². The van der Waals surface area contributed by atoms with Crippen molar-refractivity contribution >= 4 is 23.2 Å². The van der Waals surface area contributed by atoms with Gasteiger partial charge in [-0.25, -0.2) is 0 Å². The molecule has 1 heterocycles. The number of nitrogens with zero attached hydrogens (tertiary/aromatic N) is 3. The van der Waals surface area contributed by atoms with Crippen LogP contribution in [0.1, 0.15) is 39.2 Å². The summed E-state index contributed by atoms with van der Waals surface area (Å²) in [6.07, 6.45) is -3.37. The van der Waals surface area contributed by atoms with Crippen LogP contribution in [0.15, 0.2) is 42.6 Å². The van der Waals surface area contributed by atoms with Crippen molar-refractivity contribution in [3.05, 3.63) is 75.6 Å². The van der Waals surface area contributed by atoms with Gasteiger partial charge in [0.15, 0.2) is 0 Å². The molecular weight excluding hydrogens is 495 g/mol. The van der Waals surface area contributed by atoms with Crippen LogP contribution in [0.5, 0.6) is 5.75 Å². The molecule has 0 aliphatic rings. The lowest BCUT2D eigenvalue weighted by atomic mass is 9.90. The Bertz CT molecular complexity index is 1340. The second-order valence-corrected chi connectivity index (χ2v) is 8.40. The van der Waals surface area contributed by atoms with Gasteiger partial charge < -0.3 is 14.7 Å². The van der Waals surface area contributed by atoms with Gasteiger partial charge in [0.05, 0.1) is 24.4 Å². The molecule has 1 N–H and O–H groups in total. The maximum Gasteiger partial charge on any atom is 0.433 e. The van der Waals surface area contributed by atoms with Gasteiger partial charge in [0, 0.05) is 41.6 Å². The van der Waals surface area contributed by atoms with Crippen LogP contribution in [-0.2, 0) is 12.6 Å². The molecule has 0 spiro atoms. The van der Waals surface area contributed by atoms with Gasteiger partial charge in [0.2, 0.25) is 0 Å². The third kappa shape index (κ3) is 5.30. The quantitative estimate of drug-likeness (QED) is 0.427. The normalized spacial score (nSPS) is 11.2. The molecule has 3 rings (SSSR count). The lowest BCUT2D eigenvalue weighted by Gasteiger charge is -2.24. The maximum absolute atomic E-state index is 13.7. The van der Waals surface area contributed by atoms with Crippen LogP contribution in [-0.4, -0.2) is 36.8 Å². The van der Waals surface area contributed by atoms with Gasteiger partial charge in [-0.05, 0) is 55.2 Å². The topological polar surface area (TPSA) is 86.5 Å². The lowest BCUT2D eigenvalue weighted by Crippen LogP contribution is -2.28. The lowest BCUT2D eigenvalue weighted by molar-refractivity contribution is -0.141. The summed E-state index contributed by atoms with van der Waals surface area (Å²) in [5.41, 5.74) is 0.725. The van der Waals surface area contributed by atoms with E-state index in [4.69, 9.17) is 16.3 Å². The molecule has 0 unspecified atom stereocenters. The molecule has 0 bridgehead atoms. The standard InChI is InChI=1S/C26H23ClF3N3O3/c1-15-6-4-8-21(36-3)24(15)33(2)25(35)18-9-10-20(27)23(17(18)7-5-11-34)19-14-32-22(26(28,29)30)12-16(19)13-31/h4,6,8-10,12,14,34H,5,7,11H2,1-3H3. The predicted molar refractivity (Wildman–Crippen MR) is 130 cm³/mol. The highest BCUT2D eigenvalue weighted by Crippen LogP contribution is 2.39. The minimum Gasteiger partial charge on any atom is -0.495 e. The van der Waals surface area contributed by atoms with E-state index < -0.39 is 17.8 Å². The molecule has 10 heteroatoms. The second-order valence-electron chi connectivity index (χ2n) is 7.99. The zero-order valence-electron chi connectivity index (χ0n) is 19.8. The van der Waals surface area contributed by atoms with Gasteiger partial charge in [-0.1, -0.05) is 23.7 Å². The van der Waals surface area contributed by atoms with Gasteiger partial charge in [-0.3, -0.25) is 9.78 Å². The van der Waals surface area contributed by atoms with Gasteiger partial charge >= 0.3 is 6.18 Å².